The predicted octanol–water partition coefficient (Wildman–Crippen LogP) is 0.0660. The molecule has 8 nitrogen and oxygen atoms in total. The maximum atomic E-state index is 11.6. The topological polar surface area (TPSA) is 94.5 Å². The van der Waals surface area contributed by atoms with Gasteiger partial charge in [0.05, 0.1) is 6.20 Å². The van der Waals surface area contributed by atoms with E-state index in [0.717, 1.165) is 57.3 Å². The van der Waals surface area contributed by atoms with Crippen molar-refractivity contribution in [3.8, 4) is 0 Å². The lowest BCUT2D eigenvalue weighted by Gasteiger charge is -2.40. The van der Waals surface area contributed by atoms with Crippen molar-refractivity contribution in [2.45, 2.75) is 19.3 Å². The third kappa shape index (κ3) is 3.93. The van der Waals surface area contributed by atoms with Crippen molar-refractivity contribution in [1.29, 1.82) is 0 Å². The number of aliphatic imine (C=N–C) groups is 1. The second kappa shape index (κ2) is 7.46. The van der Waals surface area contributed by atoms with Crippen LogP contribution in [0.4, 0.5) is 5.82 Å². The Labute approximate surface area is 142 Å². The van der Waals surface area contributed by atoms with Gasteiger partial charge in [0.1, 0.15) is 5.82 Å². The molecule has 2 saturated heterocycles. The van der Waals surface area contributed by atoms with Crippen LogP contribution in [0.5, 0.6) is 0 Å². The zero-order chi connectivity index (χ0) is 16.8. The van der Waals surface area contributed by atoms with Gasteiger partial charge in [-0.05, 0) is 12.8 Å². The summed E-state index contributed by atoms with van der Waals surface area (Å²) in [7, 11) is 1.80. The first-order valence-electron chi connectivity index (χ1n) is 8.43. The molecule has 130 valence electrons. The summed E-state index contributed by atoms with van der Waals surface area (Å²) in [4.78, 5) is 26.5. The normalized spacial score (nSPS) is 24.1. The number of rotatable bonds is 4. The molecule has 24 heavy (non-hydrogen) atoms. The Morgan fingerprint density at radius 3 is 3.08 bits per heavy atom. The van der Waals surface area contributed by atoms with Crippen LogP contribution in [-0.2, 0) is 4.79 Å². The van der Waals surface area contributed by atoms with Crippen molar-refractivity contribution < 1.29 is 4.79 Å². The van der Waals surface area contributed by atoms with Crippen LogP contribution in [0.2, 0.25) is 0 Å². The zero-order valence-corrected chi connectivity index (χ0v) is 14.1. The number of carbonyl (C=O) groups excluding carboxylic acids is 1. The molecule has 3 rings (SSSR count). The van der Waals surface area contributed by atoms with Crippen LogP contribution < -0.4 is 16.0 Å². The molecule has 2 aliphatic rings. The third-order valence-electron chi connectivity index (χ3n) is 4.65. The lowest BCUT2D eigenvalue weighted by atomic mass is 9.79. The Morgan fingerprint density at radius 1 is 1.46 bits per heavy atom. The Hall–Kier alpha value is -2.38. The fourth-order valence-corrected chi connectivity index (χ4v) is 3.52. The second-order valence-electron chi connectivity index (χ2n) is 6.47. The van der Waals surface area contributed by atoms with Crippen LogP contribution in [0, 0.1) is 5.41 Å². The number of nitrogens with one attached hydrogen (secondary N) is 3. The second-order valence-corrected chi connectivity index (χ2v) is 6.47. The smallest absolute Gasteiger partial charge is 0.220 e. The highest BCUT2D eigenvalue weighted by molar-refractivity contribution is 5.81. The Kier molecular flexibility index (Phi) is 5.12. The number of piperidine rings is 1. The average Bonchev–Trinajstić information content (AvgIpc) is 2.96. The SMILES string of the molecule is CN=C(NCCNc1cnccn1)N1CCCC2(CNC(=O)C2)C1. The van der Waals surface area contributed by atoms with E-state index < -0.39 is 0 Å². The molecule has 1 amide bonds. The first-order chi connectivity index (χ1) is 11.7. The molecule has 0 bridgehead atoms. The van der Waals surface area contributed by atoms with Crippen molar-refractivity contribution in [3.05, 3.63) is 18.6 Å². The molecule has 2 aliphatic heterocycles. The van der Waals surface area contributed by atoms with Gasteiger partial charge >= 0.3 is 0 Å². The molecule has 1 spiro atoms. The van der Waals surface area contributed by atoms with Crippen molar-refractivity contribution in [1.82, 2.24) is 25.5 Å². The maximum Gasteiger partial charge on any atom is 0.220 e. The molecule has 8 heteroatoms. The van der Waals surface area contributed by atoms with Crippen LogP contribution >= 0.6 is 0 Å². The standard InChI is InChI=1S/C16H25N7O/c1-17-15(21-7-6-20-13-10-18-4-5-19-13)23-8-2-3-16(12-23)9-14(24)22-11-16/h4-5,10H,2-3,6-9,11-12H2,1H3,(H,17,21)(H,19,20)(H,22,24). The number of carbonyl (C=O) groups is 1. The molecule has 1 aromatic rings. The van der Waals surface area contributed by atoms with Gasteiger partial charge in [-0.15, -0.1) is 0 Å². The van der Waals surface area contributed by atoms with Gasteiger partial charge in [0.15, 0.2) is 5.96 Å². The zero-order valence-electron chi connectivity index (χ0n) is 14.1. The van der Waals surface area contributed by atoms with Crippen LogP contribution in [0.15, 0.2) is 23.6 Å². The number of guanidine groups is 1. The fourth-order valence-electron chi connectivity index (χ4n) is 3.52. The molecule has 2 fully saturated rings. The predicted molar refractivity (Wildman–Crippen MR) is 92.8 cm³/mol. The minimum atomic E-state index is 0.0742. The highest BCUT2D eigenvalue weighted by Gasteiger charge is 2.42. The molecule has 0 aromatic carbocycles. The molecule has 3 heterocycles. The van der Waals surface area contributed by atoms with E-state index in [1.807, 2.05) is 0 Å². The van der Waals surface area contributed by atoms with Crippen molar-refractivity contribution >= 4 is 17.7 Å². The van der Waals surface area contributed by atoms with E-state index in [1.54, 1.807) is 25.6 Å². The molecule has 1 aromatic heterocycles. The van der Waals surface area contributed by atoms with Gasteiger partial charge in [-0.25, -0.2) is 4.98 Å². The van der Waals surface area contributed by atoms with E-state index in [4.69, 9.17) is 0 Å². The summed E-state index contributed by atoms with van der Waals surface area (Å²) in [6.45, 7) is 4.12. The lowest BCUT2D eigenvalue weighted by Crippen LogP contribution is -2.51. The van der Waals surface area contributed by atoms with Crippen LogP contribution in [0.25, 0.3) is 0 Å². The molecule has 1 atom stereocenters. The Balaban J connectivity index is 1.48. The summed E-state index contributed by atoms with van der Waals surface area (Å²) in [5, 5.41) is 9.58. The number of hydrogen-bond acceptors (Lipinski definition) is 5. The molecular formula is C16H25N7O. The van der Waals surface area contributed by atoms with Gasteiger partial charge in [0.25, 0.3) is 0 Å². The van der Waals surface area contributed by atoms with Gasteiger partial charge in [0, 0.05) is 64.0 Å². The summed E-state index contributed by atoms with van der Waals surface area (Å²) < 4.78 is 0. The lowest BCUT2D eigenvalue weighted by molar-refractivity contribution is -0.119. The van der Waals surface area contributed by atoms with Crippen molar-refractivity contribution in [2.24, 2.45) is 10.4 Å². The molecule has 0 aliphatic carbocycles. The summed E-state index contributed by atoms with van der Waals surface area (Å²) in [5.74, 6) is 1.84. The number of nitrogens with zero attached hydrogens (tertiary/aromatic N) is 4. The third-order valence-corrected chi connectivity index (χ3v) is 4.65. The Morgan fingerprint density at radius 2 is 2.38 bits per heavy atom. The largest absolute Gasteiger partial charge is 0.367 e. The van der Waals surface area contributed by atoms with Gasteiger partial charge < -0.3 is 20.9 Å². The van der Waals surface area contributed by atoms with Crippen LogP contribution in [0.1, 0.15) is 19.3 Å². The van der Waals surface area contributed by atoms with Gasteiger partial charge in [-0.3, -0.25) is 14.8 Å². The summed E-state index contributed by atoms with van der Waals surface area (Å²) in [6.07, 6.45) is 7.85. The van der Waals surface area contributed by atoms with E-state index in [1.165, 1.54) is 0 Å². The quantitative estimate of drug-likeness (QED) is 0.410. The molecule has 3 N–H and O–H groups in total. The van der Waals surface area contributed by atoms with E-state index in [0.29, 0.717) is 6.42 Å². The van der Waals surface area contributed by atoms with Crippen molar-refractivity contribution in [2.75, 3.05) is 45.1 Å². The summed E-state index contributed by atoms with van der Waals surface area (Å²) in [5.41, 5.74) is 0.0742. The first-order valence-corrected chi connectivity index (χ1v) is 8.43. The highest BCUT2D eigenvalue weighted by atomic mass is 16.1. The van der Waals surface area contributed by atoms with E-state index in [9.17, 15) is 4.79 Å². The van der Waals surface area contributed by atoms with Crippen LogP contribution in [0.3, 0.4) is 0 Å². The first kappa shape index (κ1) is 16.5. The molecular weight excluding hydrogens is 306 g/mol. The molecule has 1 unspecified atom stereocenters. The number of hydrogen-bond donors (Lipinski definition) is 3. The number of likely N-dealkylation sites (tertiary alicyclic amines) is 1. The van der Waals surface area contributed by atoms with Crippen molar-refractivity contribution in [3.63, 3.8) is 0 Å². The minimum Gasteiger partial charge on any atom is -0.367 e. The minimum absolute atomic E-state index is 0.0742. The summed E-state index contributed by atoms with van der Waals surface area (Å²) >= 11 is 0. The average molecular weight is 331 g/mol. The van der Waals surface area contributed by atoms with Gasteiger partial charge in [-0.1, -0.05) is 0 Å². The van der Waals surface area contributed by atoms with E-state index >= 15 is 0 Å². The van der Waals surface area contributed by atoms with Crippen LogP contribution in [-0.4, -0.2) is 66.5 Å². The number of anilines is 1. The molecule has 0 saturated carbocycles. The maximum absolute atomic E-state index is 11.6. The van der Waals surface area contributed by atoms with E-state index in [-0.39, 0.29) is 11.3 Å². The summed E-state index contributed by atoms with van der Waals surface area (Å²) in [6, 6.07) is 0. The Bertz CT molecular complexity index is 591. The number of aromatic nitrogens is 2. The monoisotopic (exact) mass is 331 g/mol. The highest BCUT2D eigenvalue weighted by Crippen LogP contribution is 2.35. The van der Waals surface area contributed by atoms with Gasteiger partial charge in [0.2, 0.25) is 5.91 Å². The number of amides is 1. The van der Waals surface area contributed by atoms with E-state index in [2.05, 4.69) is 35.8 Å². The van der Waals surface area contributed by atoms with Gasteiger partial charge in [-0.2, -0.15) is 0 Å². The fraction of sp³-hybridized carbons (Fsp3) is 0.625. The molecule has 0 radical (unpaired) electrons.